The van der Waals surface area contributed by atoms with Crippen molar-refractivity contribution in [3.63, 3.8) is 0 Å². The van der Waals surface area contributed by atoms with Crippen LogP contribution in [0, 0.1) is 0 Å². The summed E-state index contributed by atoms with van der Waals surface area (Å²) in [4.78, 5) is 1.34. The molecule has 1 heterocycles. The van der Waals surface area contributed by atoms with Gasteiger partial charge >= 0.3 is 6.18 Å². The smallest absolute Gasteiger partial charge is 0.371 e. The maximum atomic E-state index is 13.0. The first-order chi connectivity index (χ1) is 8.69. The third-order valence-corrected chi connectivity index (χ3v) is 4.26. The first-order valence-corrected chi connectivity index (χ1v) is 7.75. The second-order valence-electron chi connectivity index (χ2n) is 4.64. The molecule has 19 heavy (non-hydrogen) atoms. The molecule has 106 valence electrons. The molecule has 0 unspecified atom stereocenters. The molecule has 0 aromatic heterocycles. The van der Waals surface area contributed by atoms with Crippen LogP contribution in [0.3, 0.4) is 0 Å². The fourth-order valence-electron chi connectivity index (χ4n) is 2.21. The van der Waals surface area contributed by atoms with Crippen LogP contribution in [0.2, 0.25) is 0 Å². The van der Waals surface area contributed by atoms with Gasteiger partial charge in [0.1, 0.15) is 0 Å². The molecule has 0 amide bonds. The van der Waals surface area contributed by atoms with E-state index in [9.17, 15) is 21.6 Å². The van der Waals surface area contributed by atoms with Crippen molar-refractivity contribution >= 4 is 15.5 Å². The Balaban J connectivity index is 2.55. The molecule has 1 saturated heterocycles. The number of alkyl halides is 3. The van der Waals surface area contributed by atoms with Crippen molar-refractivity contribution < 1.29 is 21.6 Å². The molecule has 7 heteroatoms. The van der Waals surface area contributed by atoms with E-state index >= 15 is 0 Å². The van der Waals surface area contributed by atoms with E-state index in [2.05, 4.69) is 0 Å². The number of nitrogens with zero attached hydrogens (tertiary/aromatic N) is 1. The summed E-state index contributed by atoms with van der Waals surface area (Å²) in [6.45, 7) is 1.14. The van der Waals surface area contributed by atoms with E-state index in [1.54, 1.807) is 4.90 Å². The number of sulfone groups is 1. The van der Waals surface area contributed by atoms with E-state index in [4.69, 9.17) is 0 Å². The van der Waals surface area contributed by atoms with Crippen molar-refractivity contribution in [3.8, 4) is 0 Å². The lowest BCUT2D eigenvalue weighted by Crippen LogP contribution is -2.22. The number of halogens is 3. The summed E-state index contributed by atoms with van der Waals surface area (Å²) in [5.41, 5.74) is -0.810. The highest BCUT2D eigenvalue weighted by Gasteiger charge is 2.36. The van der Waals surface area contributed by atoms with Gasteiger partial charge in [-0.05, 0) is 31.0 Å². The van der Waals surface area contributed by atoms with Gasteiger partial charge in [-0.25, -0.2) is 8.42 Å². The van der Waals surface area contributed by atoms with Crippen molar-refractivity contribution in [3.05, 3.63) is 23.8 Å². The van der Waals surface area contributed by atoms with Crippen LogP contribution in [0.15, 0.2) is 23.1 Å². The molecule has 1 fully saturated rings. The molecule has 1 aliphatic heterocycles. The molecule has 0 bridgehead atoms. The van der Waals surface area contributed by atoms with Crippen LogP contribution in [0.5, 0.6) is 0 Å². The van der Waals surface area contributed by atoms with Gasteiger partial charge in [-0.2, -0.15) is 13.2 Å². The highest BCUT2D eigenvalue weighted by molar-refractivity contribution is 7.90. The zero-order valence-electron chi connectivity index (χ0n) is 10.4. The van der Waals surface area contributed by atoms with Gasteiger partial charge < -0.3 is 4.90 Å². The normalized spacial score (nSPS) is 16.9. The predicted molar refractivity (Wildman–Crippen MR) is 66.0 cm³/mol. The van der Waals surface area contributed by atoms with Gasteiger partial charge in [-0.1, -0.05) is 0 Å². The summed E-state index contributed by atoms with van der Waals surface area (Å²) in [5, 5.41) is 0. The Morgan fingerprint density at radius 2 is 1.74 bits per heavy atom. The van der Waals surface area contributed by atoms with E-state index in [-0.39, 0.29) is 10.6 Å². The maximum Gasteiger partial charge on any atom is 0.418 e. The van der Waals surface area contributed by atoms with E-state index in [0.717, 1.165) is 25.2 Å². The topological polar surface area (TPSA) is 37.4 Å². The van der Waals surface area contributed by atoms with Gasteiger partial charge in [-0.3, -0.25) is 0 Å². The molecule has 0 radical (unpaired) electrons. The van der Waals surface area contributed by atoms with Gasteiger partial charge in [-0.15, -0.1) is 0 Å². The maximum absolute atomic E-state index is 13.0. The largest absolute Gasteiger partial charge is 0.418 e. The fourth-order valence-corrected chi connectivity index (χ4v) is 2.85. The summed E-state index contributed by atoms with van der Waals surface area (Å²) in [5.74, 6) is 0. The van der Waals surface area contributed by atoms with Crippen LogP contribution in [-0.2, 0) is 16.0 Å². The van der Waals surface area contributed by atoms with Gasteiger partial charge in [0.25, 0.3) is 0 Å². The molecule has 0 saturated carbocycles. The van der Waals surface area contributed by atoms with Crippen LogP contribution in [0.25, 0.3) is 0 Å². The SMILES string of the molecule is CS(=O)(=O)c1ccc(N2CCCC2)c(C(F)(F)F)c1. The average Bonchev–Trinajstić information content (AvgIpc) is 2.79. The zero-order valence-corrected chi connectivity index (χ0v) is 11.2. The highest BCUT2D eigenvalue weighted by atomic mass is 32.2. The van der Waals surface area contributed by atoms with Crippen LogP contribution >= 0.6 is 0 Å². The number of rotatable bonds is 2. The van der Waals surface area contributed by atoms with E-state index in [1.807, 2.05) is 0 Å². The van der Waals surface area contributed by atoms with Crippen molar-refractivity contribution in [2.75, 3.05) is 24.2 Å². The van der Waals surface area contributed by atoms with Crippen LogP contribution < -0.4 is 4.90 Å². The summed E-state index contributed by atoms with van der Waals surface area (Å²) >= 11 is 0. The Labute approximate surface area is 109 Å². The monoisotopic (exact) mass is 293 g/mol. The molecule has 0 spiro atoms. The summed E-state index contributed by atoms with van der Waals surface area (Å²) in [6.07, 6.45) is -1.95. The van der Waals surface area contributed by atoms with E-state index in [0.29, 0.717) is 13.1 Å². The zero-order chi connectivity index (χ0) is 14.3. The average molecular weight is 293 g/mol. The van der Waals surface area contributed by atoms with Gasteiger partial charge in [0, 0.05) is 25.0 Å². The second kappa shape index (κ2) is 4.70. The Hall–Kier alpha value is -1.24. The molecule has 2 rings (SSSR count). The number of hydrogen-bond acceptors (Lipinski definition) is 3. The van der Waals surface area contributed by atoms with Crippen LogP contribution in [0.1, 0.15) is 18.4 Å². The Kier molecular flexibility index (Phi) is 3.51. The third kappa shape index (κ3) is 3.02. The summed E-state index contributed by atoms with van der Waals surface area (Å²) in [6, 6.07) is 3.21. The van der Waals surface area contributed by atoms with Crippen LogP contribution in [-0.4, -0.2) is 27.8 Å². The third-order valence-electron chi connectivity index (χ3n) is 3.15. The lowest BCUT2D eigenvalue weighted by molar-refractivity contribution is -0.137. The van der Waals surface area contributed by atoms with Gasteiger partial charge in [0.2, 0.25) is 0 Å². The van der Waals surface area contributed by atoms with Gasteiger partial charge in [0.15, 0.2) is 9.84 Å². The number of anilines is 1. The fraction of sp³-hybridized carbons (Fsp3) is 0.500. The molecular formula is C12H14F3NO2S. The summed E-state index contributed by atoms with van der Waals surface area (Å²) < 4.78 is 61.9. The molecule has 1 aromatic rings. The lowest BCUT2D eigenvalue weighted by atomic mass is 10.1. The molecule has 0 aliphatic carbocycles. The summed E-state index contributed by atoms with van der Waals surface area (Å²) in [7, 11) is -3.64. The molecule has 0 N–H and O–H groups in total. The first kappa shape index (κ1) is 14.2. The van der Waals surface area contributed by atoms with Gasteiger partial charge in [0.05, 0.1) is 10.5 Å². The number of benzene rings is 1. The van der Waals surface area contributed by atoms with E-state index in [1.165, 1.54) is 12.1 Å². The predicted octanol–water partition coefficient (Wildman–Crippen LogP) is 2.71. The first-order valence-electron chi connectivity index (χ1n) is 5.86. The Morgan fingerprint density at radius 3 is 2.21 bits per heavy atom. The standard InChI is InChI=1S/C12H14F3NO2S/c1-19(17,18)9-4-5-11(16-6-2-3-7-16)10(8-9)12(13,14)15/h4-5,8H,2-3,6-7H2,1H3. The minimum absolute atomic E-state index is 0.0670. The number of hydrogen-bond donors (Lipinski definition) is 0. The quantitative estimate of drug-likeness (QED) is 0.841. The minimum Gasteiger partial charge on any atom is -0.371 e. The Morgan fingerprint density at radius 1 is 1.16 bits per heavy atom. The Bertz CT molecular complexity index is 575. The van der Waals surface area contributed by atoms with Crippen LogP contribution in [0.4, 0.5) is 18.9 Å². The molecular weight excluding hydrogens is 279 g/mol. The molecule has 3 nitrogen and oxygen atoms in total. The van der Waals surface area contributed by atoms with Crippen molar-refractivity contribution in [2.45, 2.75) is 23.9 Å². The second-order valence-corrected chi connectivity index (χ2v) is 6.66. The molecule has 1 aromatic carbocycles. The van der Waals surface area contributed by atoms with Crippen molar-refractivity contribution in [1.82, 2.24) is 0 Å². The lowest BCUT2D eigenvalue weighted by Gasteiger charge is -2.23. The highest BCUT2D eigenvalue weighted by Crippen LogP contribution is 2.39. The molecule has 1 aliphatic rings. The van der Waals surface area contributed by atoms with Crippen molar-refractivity contribution in [1.29, 1.82) is 0 Å². The molecule has 0 atom stereocenters. The minimum atomic E-state index is -4.56. The van der Waals surface area contributed by atoms with Crippen molar-refractivity contribution in [2.24, 2.45) is 0 Å². The van der Waals surface area contributed by atoms with E-state index < -0.39 is 21.6 Å².